The second kappa shape index (κ2) is 10.00. The van der Waals surface area contributed by atoms with Gasteiger partial charge >= 0.3 is 11.8 Å². The molecule has 0 bridgehead atoms. The maximum absolute atomic E-state index is 12.7. The second-order valence-electron chi connectivity index (χ2n) is 5.71. The number of halogens is 1. The van der Waals surface area contributed by atoms with E-state index in [0.717, 1.165) is 0 Å². The van der Waals surface area contributed by atoms with Gasteiger partial charge in [-0.15, -0.1) is 0 Å². The van der Waals surface area contributed by atoms with E-state index in [9.17, 15) is 18.0 Å². The number of carbonyl (C=O) groups is 2. The van der Waals surface area contributed by atoms with E-state index in [2.05, 4.69) is 10.6 Å². The number of ether oxygens (including phenoxy) is 2. The Bertz CT molecular complexity index is 780. The van der Waals surface area contributed by atoms with Crippen LogP contribution < -0.4 is 10.6 Å². The van der Waals surface area contributed by atoms with Crippen molar-refractivity contribution in [2.24, 2.45) is 0 Å². The Morgan fingerprint density at radius 3 is 2.63 bits per heavy atom. The fourth-order valence-electron chi connectivity index (χ4n) is 2.37. The molecule has 0 aromatic heterocycles. The third kappa shape index (κ3) is 5.88. The molecule has 1 aromatic rings. The number of carbonyl (C=O) groups excluding carboxylic acids is 2. The van der Waals surface area contributed by atoms with E-state index in [1.54, 1.807) is 0 Å². The van der Waals surface area contributed by atoms with Crippen LogP contribution in [0.4, 0.5) is 5.69 Å². The number of morpholine rings is 1. The molecule has 0 aliphatic carbocycles. The average molecular weight is 420 g/mol. The molecule has 9 nitrogen and oxygen atoms in total. The van der Waals surface area contributed by atoms with E-state index < -0.39 is 21.8 Å². The number of methoxy groups -OCH3 is 1. The molecule has 2 amide bonds. The minimum absolute atomic E-state index is 0.0235. The molecular formula is C16H22ClN3O6S. The van der Waals surface area contributed by atoms with Gasteiger partial charge in [-0.1, -0.05) is 11.6 Å². The smallest absolute Gasteiger partial charge is 0.313 e. The van der Waals surface area contributed by atoms with Crippen molar-refractivity contribution in [3.8, 4) is 0 Å². The van der Waals surface area contributed by atoms with Crippen molar-refractivity contribution in [3.63, 3.8) is 0 Å². The highest BCUT2D eigenvalue weighted by Gasteiger charge is 2.27. The number of sulfonamides is 1. The first-order valence-corrected chi connectivity index (χ1v) is 10.1. The lowest BCUT2D eigenvalue weighted by Gasteiger charge is -2.26. The minimum Gasteiger partial charge on any atom is -0.385 e. The van der Waals surface area contributed by atoms with Crippen LogP contribution in [0, 0.1) is 0 Å². The van der Waals surface area contributed by atoms with Gasteiger partial charge in [0.15, 0.2) is 0 Å². The summed E-state index contributed by atoms with van der Waals surface area (Å²) in [5, 5.41) is 4.91. The molecule has 0 atom stereocenters. The number of rotatable bonds is 7. The van der Waals surface area contributed by atoms with Crippen molar-refractivity contribution in [1.82, 2.24) is 9.62 Å². The standard InChI is InChI=1S/C16H22ClN3O6S/c1-25-8-2-5-18-15(21)16(22)19-14-11-12(3-4-13(14)17)27(23,24)20-6-9-26-10-7-20/h3-4,11H,2,5-10H2,1H3,(H,18,21)(H,19,22). The van der Waals surface area contributed by atoms with Crippen LogP contribution in [0.1, 0.15) is 6.42 Å². The number of nitrogens with one attached hydrogen (secondary N) is 2. The van der Waals surface area contributed by atoms with E-state index in [4.69, 9.17) is 21.1 Å². The van der Waals surface area contributed by atoms with Gasteiger partial charge in [0, 0.05) is 33.4 Å². The quantitative estimate of drug-likeness (QED) is 0.490. The Hall–Kier alpha value is -1.72. The van der Waals surface area contributed by atoms with Gasteiger partial charge in [0.2, 0.25) is 10.0 Å². The molecule has 0 spiro atoms. The van der Waals surface area contributed by atoms with Crippen LogP contribution in [-0.2, 0) is 29.1 Å². The number of anilines is 1. The molecule has 2 rings (SSSR count). The van der Waals surface area contributed by atoms with Gasteiger partial charge < -0.3 is 20.1 Å². The van der Waals surface area contributed by atoms with Crippen molar-refractivity contribution in [2.45, 2.75) is 11.3 Å². The monoisotopic (exact) mass is 419 g/mol. The minimum atomic E-state index is -3.75. The molecule has 1 fully saturated rings. The van der Waals surface area contributed by atoms with E-state index in [0.29, 0.717) is 26.2 Å². The predicted molar refractivity (Wildman–Crippen MR) is 99.2 cm³/mol. The molecule has 1 aromatic carbocycles. The zero-order valence-corrected chi connectivity index (χ0v) is 16.4. The molecule has 150 valence electrons. The van der Waals surface area contributed by atoms with E-state index in [1.807, 2.05) is 0 Å². The van der Waals surface area contributed by atoms with Gasteiger partial charge in [-0.05, 0) is 24.6 Å². The second-order valence-corrected chi connectivity index (χ2v) is 8.06. The highest BCUT2D eigenvalue weighted by molar-refractivity contribution is 7.89. The molecule has 0 unspecified atom stereocenters. The third-order valence-electron chi connectivity index (χ3n) is 3.81. The molecule has 27 heavy (non-hydrogen) atoms. The molecule has 1 saturated heterocycles. The van der Waals surface area contributed by atoms with Gasteiger partial charge in [-0.3, -0.25) is 9.59 Å². The molecule has 11 heteroatoms. The molecule has 0 radical (unpaired) electrons. The van der Waals surface area contributed by atoms with Gasteiger partial charge in [0.1, 0.15) is 0 Å². The fraction of sp³-hybridized carbons (Fsp3) is 0.500. The average Bonchev–Trinajstić information content (AvgIpc) is 2.67. The first-order chi connectivity index (χ1) is 12.9. The lowest BCUT2D eigenvalue weighted by molar-refractivity contribution is -0.136. The van der Waals surface area contributed by atoms with Gasteiger partial charge in [-0.25, -0.2) is 8.42 Å². The van der Waals surface area contributed by atoms with Crippen molar-refractivity contribution in [1.29, 1.82) is 0 Å². The van der Waals surface area contributed by atoms with E-state index in [1.165, 1.54) is 29.6 Å². The molecule has 1 heterocycles. The summed E-state index contributed by atoms with van der Waals surface area (Å²) in [6, 6.07) is 3.96. The first kappa shape index (κ1) is 21.6. The van der Waals surface area contributed by atoms with Crippen molar-refractivity contribution < 1.29 is 27.5 Å². The highest BCUT2D eigenvalue weighted by Crippen LogP contribution is 2.27. The summed E-state index contributed by atoms with van der Waals surface area (Å²) in [6.07, 6.45) is 0.559. The topological polar surface area (TPSA) is 114 Å². The largest absolute Gasteiger partial charge is 0.385 e. The van der Waals surface area contributed by atoms with Crippen LogP contribution in [0.15, 0.2) is 23.1 Å². The van der Waals surface area contributed by atoms with Crippen molar-refractivity contribution in [3.05, 3.63) is 23.2 Å². The van der Waals surface area contributed by atoms with Crippen LogP contribution in [0.3, 0.4) is 0 Å². The molecule has 2 N–H and O–H groups in total. The summed E-state index contributed by atoms with van der Waals surface area (Å²) in [4.78, 5) is 23.8. The summed E-state index contributed by atoms with van der Waals surface area (Å²) < 4.78 is 36.7. The number of nitrogens with zero attached hydrogens (tertiary/aromatic N) is 1. The van der Waals surface area contributed by atoms with Crippen LogP contribution in [0.25, 0.3) is 0 Å². The molecule has 1 aliphatic rings. The SMILES string of the molecule is COCCCNC(=O)C(=O)Nc1cc(S(=O)(=O)N2CCOCC2)ccc1Cl. The first-order valence-electron chi connectivity index (χ1n) is 8.32. The van der Waals surface area contributed by atoms with Gasteiger partial charge in [-0.2, -0.15) is 4.31 Å². The molecule has 1 aliphatic heterocycles. The van der Waals surface area contributed by atoms with E-state index >= 15 is 0 Å². The lowest BCUT2D eigenvalue weighted by Crippen LogP contribution is -2.40. The number of hydrogen-bond donors (Lipinski definition) is 2. The van der Waals surface area contributed by atoms with Crippen molar-refractivity contribution in [2.75, 3.05) is 51.9 Å². The van der Waals surface area contributed by atoms with Crippen LogP contribution in [-0.4, -0.2) is 71.1 Å². The fourth-order valence-corrected chi connectivity index (χ4v) is 3.97. The third-order valence-corrected chi connectivity index (χ3v) is 6.04. The maximum atomic E-state index is 12.7. The molecule has 0 saturated carbocycles. The highest BCUT2D eigenvalue weighted by atomic mass is 35.5. The number of hydrogen-bond acceptors (Lipinski definition) is 6. The summed E-state index contributed by atoms with van der Waals surface area (Å²) in [7, 11) is -2.21. The predicted octanol–water partition coefficient (Wildman–Crippen LogP) is 0.452. The zero-order chi connectivity index (χ0) is 19.9. The van der Waals surface area contributed by atoms with Crippen molar-refractivity contribution >= 4 is 39.1 Å². The van der Waals surface area contributed by atoms with E-state index in [-0.39, 0.29) is 35.2 Å². The number of amides is 2. The summed E-state index contributed by atoms with van der Waals surface area (Å²) in [5.41, 5.74) is 0.0445. The molecular weight excluding hydrogens is 398 g/mol. The number of benzene rings is 1. The Labute approximate surface area is 163 Å². The van der Waals surface area contributed by atoms with Crippen LogP contribution in [0.2, 0.25) is 5.02 Å². The Morgan fingerprint density at radius 2 is 1.96 bits per heavy atom. The zero-order valence-electron chi connectivity index (χ0n) is 14.9. The Balaban J connectivity index is 2.08. The van der Waals surface area contributed by atoms with Gasteiger partial charge in [0.05, 0.1) is 28.8 Å². The Kier molecular flexibility index (Phi) is 7.99. The summed E-state index contributed by atoms with van der Waals surface area (Å²) >= 11 is 6.04. The van der Waals surface area contributed by atoms with Crippen LogP contribution >= 0.6 is 11.6 Å². The maximum Gasteiger partial charge on any atom is 0.313 e. The normalized spacial score (nSPS) is 15.3. The van der Waals surface area contributed by atoms with Crippen LogP contribution in [0.5, 0.6) is 0 Å². The summed E-state index contributed by atoms with van der Waals surface area (Å²) in [5.74, 6) is -1.78. The lowest BCUT2D eigenvalue weighted by atomic mass is 10.3. The Morgan fingerprint density at radius 1 is 1.26 bits per heavy atom. The van der Waals surface area contributed by atoms with Gasteiger partial charge in [0.25, 0.3) is 0 Å². The summed E-state index contributed by atoms with van der Waals surface area (Å²) in [6.45, 7) is 1.86.